The second kappa shape index (κ2) is 5.02. The minimum Gasteiger partial charge on any atom is -0.292 e. The van der Waals surface area contributed by atoms with Crippen LogP contribution in [0.15, 0.2) is 22.8 Å². The number of nitrogens with zero attached hydrogens (tertiary/aromatic N) is 3. The molecule has 0 fully saturated rings. The van der Waals surface area contributed by atoms with Gasteiger partial charge in [-0.1, -0.05) is 29.0 Å². The number of ketones is 1. The summed E-state index contributed by atoms with van der Waals surface area (Å²) >= 11 is 3.25. The number of carbonyl (C=O) groups is 1. The largest absolute Gasteiger partial charge is 0.292 e. The Bertz CT molecular complexity index is 585. The Kier molecular flexibility index (Phi) is 3.61. The molecule has 0 amide bonds. The van der Waals surface area contributed by atoms with E-state index in [0.717, 1.165) is 16.7 Å². The lowest BCUT2D eigenvalue weighted by Gasteiger charge is -2.06. The molecule has 0 aliphatic carbocycles. The van der Waals surface area contributed by atoms with Crippen molar-refractivity contribution in [3.63, 3.8) is 0 Å². The zero-order valence-corrected chi connectivity index (χ0v) is 12.2. The highest BCUT2D eigenvalue weighted by atomic mass is 79.9. The summed E-state index contributed by atoms with van der Waals surface area (Å²) in [7, 11) is 1.72. The fourth-order valence-electron chi connectivity index (χ4n) is 1.87. The van der Waals surface area contributed by atoms with Crippen molar-refractivity contribution in [2.75, 3.05) is 0 Å². The van der Waals surface area contributed by atoms with Gasteiger partial charge < -0.3 is 0 Å². The summed E-state index contributed by atoms with van der Waals surface area (Å²) in [6, 6.07) is 6.13. The van der Waals surface area contributed by atoms with Gasteiger partial charge in [0.05, 0.1) is 0 Å². The molecule has 1 aromatic heterocycles. The van der Waals surface area contributed by atoms with Crippen molar-refractivity contribution in [1.29, 1.82) is 0 Å². The molecule has 0 radical (unpaired) electrons. The minimum atomic E-state index is 0.0167. The van der Waals surface area contributed by atoms with E-state index in [0.29, 0.717) is 16.7 Å². The van der Waals surface area contributed by atoms with Gasteiger partial charge in [-0.2, -0.15) is 0 Å². The standard InChI is InChI=1S/C13H14BrN3O/c1-8-4-5-9(2)10(6-8)7-11(18)12-13(14)15-16-17(12)3/h4-6H,7H2,1-3H3. The molecular weight excluding hydrogens is 294 g/mol. The average Bonchev–Trinajstić information content (AvgIpc) is 2.63. The van der Waals surface area contributed by atoms with E-state index in [-0.39, 0.29) is 5.78 Å². The molecule has 0 bridgehead atoms. The maximum atomic E-state index is 12.2. The van der Waals surface area contributed by atoms with Crippen molar-refractivity contribution in [2.24, 2.45) is 7.05 Å². The second-order valence-corrected chi connectivity index (χ2v) is 5.13. The van der Waals surface area contributed by atoms with Crippen molar-refractivity contribution in [1.82, 2.24) is 15.0 Å². The molecule has 0 aliphatic heterocycles. The molecule has 0 spiro atoms. The summed E-state index contributed by atoms with van der Waals surface area (Å²) in [6.45, 7) is 4.04. The van der Waals surface area contributed by atoms with Crippen molar-refractivity contribution >= 4 is 21.7 Å². The maximum absolute atomic E-state index is 12.2. The number of benzene rings is 1. The highest BCUT2D eigenvalue weighted by Crippen LogP contribution is 2.17. The van der Waals surface area contributed by atoms with Crippen LogP contribution in [0.1, 0.15) is 27.2 Å². The Morgan fingerprint density at radius 1 is 1.39 bits per heavy atom. The van der Waals surface area contributed by atoms with Crippen LogP contribution in [0.4, 0.5) is 0 Å². The van der Waals surface area contributed by atoms with E-state index in [2.05, 4.69) is 26.2 Å². The van der Waals surface area contributed by atoms with Gasteiger partial charge in [0.25, 0.3) is 0 Å². The predicted molar refractivity (Wildman–Crippen MR) is 72.7 cm³/mol. The predicted octanol–water partition coefficient (Wildman–Crippen LogP) is 2.62. The summed E-state index contributed by atoms with van der Waals surface area (Å²) in [4.78, 5) is 12.2. The quantitative estimate of drug-likeness (QED) is 0.819. The Hall–Kier alpha value is -1.49. The van der Waals surface area contributed by atoms with Crippen molar-refractivity contribution in [3.05, 3.63) is 45.2 Å². The first-order chi connectivity index (χ1) is 8.49. The molecule has 18 heavy (non-hydrogen) atoms. The SMILES string of the molecule is Cc1ccc(C)c(CC(=O)c2c(Br)nnn2C)c1. The van der Waals surface area contributed by atoms with Crippen LogP contribution in [-0.2, 0) is 13.5 Å². The number of hydrogen-bond donors (Lipinski definition) is 0. The van der Waals surface area contributed by atoms with Gasteiger partial charge in [-0.15, -0.1) is 5.10 Å². The van der Waals surface area contributed by atoms with Gasteiger partial charge in [0.1, 0.15) is 5.69 Å². The topological polar surface area (TPSA) is 47.8 Å². The first kappa shape index (κ1) is 13.0. The number of aromatic nitrogens is 3. The van der Waals surface area contributed by atoms with E-state index in [4.69, 9.17) is 0 Å². The monoisotopic (exact) mass is 307 g/mol. The minimum absolute atomic E-state index is 0.0167. The number of rotatable bonds is 3. The van der Waals surface area contributed by atoms with E-state index in [1.807, 2.05) is 32.0 Å². The van der Waals surface area contributed by atoms with Gasteiger partial charge >= 0.3 is 0 Å². The molecule has 2 aromatic rings. The Morgan fingerprint density at radius 2 is 2.11 bits per heavy atom. The van der Waals surface area contributed by atoms with E-state index >= 15 is 0 Å². The van der Waals surface area contributed by atoms with Gasteiger partial charge in [0.15, 0.2) is 10.4 Å². The smallest absolute Gasteiger partial charge is 0.188 e. The third-order valence-corrected chi connectivity index (χ3v) is 3.44. The highest BCUT2D eigenvalue weighted by Gasteiger charge is 2.17. The average molecular weight is 308 g/mol. The number of hydrogen-bond acceptors (Lipinski definition) is 3. The van der Waals surface area contributed by atoms with Crippen LogP contribution < -0.4 is 0 Å². The molecule has 0 N–H and O–H groups in total. The van der Waals surface area contributed by atoms with Gasteiger partial charge in [-0.05, 0) is 40.9 Å². The zero-order valence-electron chi connectivity index (χ0n) is 10.6. The summed E-state index contributed by atoms with van der Waals surface area (Å²) in [5.74, 6) is 0.0167. The normalized spacial score (nSPS) is 10.7. The lowest BCUT2D eigenvalue weighted by atomic mass is 10.00. The van der Waals surface area contributed by atoms with E-state index in [1.54, 1.807) is 7.05 Å². The van der Waals surface area contributed by atoms with Crippen molar-refractivity contribution in [2.45, 2.75) is 20.3 Å². The zero-order chi connectivity index (χ0) is 13.3. The van der Waals surface area contributed by atoms with Crippen LogP contribution in [0.2, 0.25) is 0 Å². The van der Waals surface area contributed by atoms with E-state index in [1.165, 1.54) is 4.68 Å². The Morgan fingerprint density at radius 3 is 2.72 bits per heavy atom. The second-order valence-electron chi connectivity index (χ2n) is 4.38. The molecule has 0 saturated heterocycles. The molecule has 0 aliphatic rings. The van der Waals surface area contributed by atoms with Crippen LogP contribution in [0.25, 0.3) is 0 Å². The summed E-state index contributed by atoms with van der Waals surface area (Å²) in [6.07, 6.45) is 0.368. The number of carbonyl (C=O) groups excluding carboxylic acids is 1. The summed E-state index contributed by atoms with van der Waals surface area (Å²) in [5, 5.41) is 7.65. The van der Waals surface area contributed by atoms with Gasteiger partial charge in [-0.3, -0.25) is 4.79 Å². The highest BCUT2D eigenvalue weighted by molar-refractivity contribution is 9.10. The molecule has 0 saturated carbocycles. The van der Waals surface area contributed by atoms with E-state index < -0.39 is 0 Å². The molecule has 1 aromatic carbocycles. The molecule has 94 valence electrons. The van der Waals surface area contributed by atoms with Crippen LogP contribution in [0, 0.1) is 13.8 Å². The summed E-state index contributed by atoms with van der Waals surface area (Å²) in [5.41, 5.74) is 3.84. The van der Waals surface area contributed by atoms with Gasteiger partial charge in [0, 0.05) is 13.5 Å². The summed E-state index contributed by atoms with van der Waals surface area (Å²) < 4.78 is 2.00. The first-order valence-corrected chi connectivity index (χ1v) is 6.43. The van der Waals surface area contributed by atoms with Crippen molar-refractivity contribution in [3.8, 4) is 0 Å². The third-order valence-electron chi connectivity index (χ3n) is 2.91. The lowest BCUT2D eigenvalue weighted by Crippen LogP contribution is -2.11. The first-order valence-electron chi connectivity index (χ1n) is 5.63. The molecular formula is C13H14BrN3O. The molecule has 2 rings (SSSR count). The van der Waals surface area contributed by atoms with Gasteiger partial charge in [-0.25, -0.2) is 4.68 Å². The Balaban J connectivity index is 2.30. The van der Waals surface area contributed by atoms with Crippen LogP contribution in [0.3, 0.4) is 0 Å². The Labute approximate surface area is 114 Å². The lowest BCUT2D eigenvalue weighted by molar-refractivity contribution is 0.0983. The number of aryl methyl sites for hydroxylation is 3. The third kappa shape index (κ3) is 2.51. The molecule has 4 nitrogen and oxygen atoms in total. The van der Waals surface area contributed by atoms with Crippen LogP contribution >= 0.6 is 15.9 Å². The van der Waals surface area contributed by atoms with Crippen LogP contribution in [-0.4, -0.2) is 20.8 Å². The number of Topliss-reactive ketones (excluding diaryl/α,β-unsaturated/α-hetero) is 1. The molecule has 1 heterocycles. The molecule has 5 heteroatoms. The van der Waals surface area contributed by atoms with E-state index in [9.17, 15) is 4.79 Å². The number of halogens is 1. The fourth-order valence-corrected chi connectivity index (χ4v) is 2.42. The molecule has 0 unspecified atom stereocenters. The fraction of sp³-hybridized carbons (Fsp3) is 0.308. The van der Waals surface area contributed by atoms with Gasteiger partial charge in [0.2, 0.25) is 0 Å². The van der Waals surface area contributed by atoms with Crippen molar-refractivity contribution < 1.29 is 4.79 Å². The molecule has 0 atom stereocenters. The maximum Gasteiger partial charge on any atom is 0.188 e. The van der Waals surface area contributed by atoms with Crippen LogP contribution in [0.5, 0.6) is 0 Å².